The first-order valence-electron chi connectivity index (χ1n) is 4.35. The maximum atomic E-state index is 12.3. The van der Waals surface area contributed by atoms with Crippen LogP contribution in [0.5, 0.6) is 0 Å². The van der Waals surface area contributed by atoms with E-state index in [1.807, 2.05) is 24.3 Å². The molecule has 2 aromatic rings. The average molecular weight is 210 g/mol. The van der Waals surface area contributed by atoms with Crippen LogP contribution >= 0.6 is 0 Å². The molecule has 0 unspecified atom stereocenters. The lowest BCUT2D eigenvalue weighted by atomic mass is 10.2. The van der Waals surface area contributed by atoms with E-state index in [0.29, 0.717) is 5.69 Å². The van der Waals surface area contributed by atoms with Gasteiger partial charge < -0.3 is 4.98 Å². The molecule has 1 saturated heterocycles. The Morgan fingerprint density at radius 2 is 1.87 bits per heavy atom. The molecule has 0 bridgehead atoms. The molecule has 77 valence electrons. The van der Waals surface area contributed by atoms with Crippen LogP contribution in [0.2, 0.25) is 0 Å². The summed E-state index contributed by atoms with van der Waals surface area (Å²) < 4.78 is 32.8. The van der Waals surface area contributed by atoms with Crippen LogP contribution in [0.25, 0.3) is 10.9 Å². The fourth-order valence-corrected chi connectivity index (χ4v) is 1.52. The maximum absolute atomic E-state index is 12.3. The molecule has 0 saturated carbocycles. The van der Waals surface area contributed by atoms with E-state index < -0.39 is 6.29 Å². The van der Waals surface area contributed by atoms with Crippen LogP contribution in [0.3, 0.4) is 0 Å². The summed E-state index contributed by atoms with van der Waals surface area (Å²) in [5.41, 5.74) is 1.27. The zero-order valence-corrected chi connectivity index (χ0v) is 7.46. The molecule has 1 radical (unpaired) electrons. The van der Waals surface area contributed by atoms with Gasteiger partial charge in [0, 0.05) is 5.52 Å². The van der Waals surface area contributed by atoms with E-state index >= 15 is 0 Å². The van der Waals surface area contributed by atoms with E-state index in [9.17, 15) is 8.78 Å². The van der Waals surface area contributed by atoms with Crippen molar-refractivity contribution >= 4 is 10.9 Å². The summed E-state index contributed by atoms with van der Waals surface area (Å²) in [5.74, 6) is 0. The molecule has 0 atom stereocenters. The number of fused-ring (bicyclic) bond motifs is 1. The molecule has 2 heterocycles. The fourth-order valence-electron chi connectivity index (χ4n) is 1.52. The minimum absolute atomic E-state index is 0.170. The highest BCUT2D eigenvalue weighted by Gasteiger charge is 2.52. The first-order chi connectivity index (χ1) is 7.14. The van der Waals surface area contributed by atoms with Crippen molar-refractivity contribution in [2.75, 3.05) is 0 Å². The fraction of sp³-hybridized carbons (Fsp3) is 0.100. The number of halogens is 2. The highest BCUT2D eigenvalue weighted by atomic mass is 19.3. The average Bonchev–Trinajstić information content (AvgIpc) is 2.56. The number of H-pyrrole nitrogens is 1. The van der Waals surface area contributed by atoms with Gasteiger partial charge in [-0.15, -0.1) is 8.78 Å². The lowest BCUT2D eigenvalue weighted by Gasteiger charge is -2.31. The highest BCUT2D eigenvalue weighted by Crippen LogP contribution is 2.41. The van der Waals surface area contributed by atoms with Crippen LogP contribution in [0, 0.1) is 6.29 Å². The Morgan fingerprint density at radius 1 is 1.13 bits per heavy atom. The third-order valence-corrected chi connectivity index (χ3v) is 2.17. The van der Waals surface area contributed by atoms with Crippen molar-refractivity contribution < 1.29 is 18.3 Å². The van der Waals surface area contributed by atoms with Crippen molar-refractivity contribution in [2.24, 2.45) is 0 Å². The number of alkyl halides is 2. The molecular weight excluding hydrogens is 204 g/mol. The number of benzene rings is 1. The topological polar surface area (TPSA) is 34.2 Å². The van der Waals surface area contributed by atoms with Crippen molar-refractivity contribution in [3.8, 4) is 0 Å². The van der Waals surface area contributed by atoms with Crippen LogP contribution in [0.15, 0.2) is 30.3 Å². The first kappa shape index (κ1) is 8.82. The molecule has 1 aliphatic heterocycles. The second-order valence-electron chi connectivity index (χ2n) is 3.23. The largest absolute Gasteiger partial charge is 0.491 e. The number of nitrogens with one attached hydrogen (secondary N) is 1. The molecule has 1 N–H and O–H groups in total. The van der Waals surface area contributed by atoms with Crippen LogP contribution in [0.1, 0.15) is 5.69 Å². The Kier molecular flexibility index (Phi) is 1.63. The molecule has 1 aromatic carbocycles. The van der Waals surface area contributed by atoms with Crippen molar-refractivity contribution in [2.45, 2.75) is 6.29 Å². The minimum Gasteiger partial charge on any atom is -0.354 e. The van der Waals surface area contributed by atoms with Crippen LogP contribution in [0.4, 0.5) is 8.78 Å². The number of aromatic amines is 1. The second-order valence-corrected chi connectivity index (χ2v) is 3.23. The van der Waals surface area contributed by atoms with Gasteiger partial charge in [-0.05, 0) is 17.5 Å². The van der Waals surface area contributed by atoms with Crippen molar-refractivity contribution in [3.05, 3.63) is 42.3 Å². The first-order valence-corrected chi connectivity index (χ1v) is 4.35. The predicted octanol–water partition coefficient (Wildman–Crippen LogP) is 2.60. The molecule has 3 rings (SSSR count). The van der Waals surface area contributed by atoms with Crippen molar-refractivity contribution in [1.82, 2.24) is 4.98 Å². The number of aromatic nitrogens is 1. The molecule has 1 aliphatic rings. The Bertz CT molecular complexity index is 468. The lowest BCUT2D eigenvalue weighted by Crippen LogP contribution is -2.41. The molecular formula is C10H6F2NO2. The summed E-state index contributed by atoms with van der Waals surface area (Å²) in [5, 5.41) is 0.919. The van der Waals surface area contributed by atoms with Gasteiger partial charge in [0.15, 0.2) is 0 Å². The summed E-state index contributed by atoms with van der Waals surface area (Å²) in [4.78, 5) is 2.91. The summed E-state index contributed by atoms with van der Waals surface area (Å²) in [6.07, 6.45) is -3.65. The summed E-state index contributed by atoms with van der Waals surface area (Å²) in [6.45, 7) is 0. The third kappa shape index (κ3) is 1.40. The molecule has 0 amide bonds. The van der Waals surface area contributed by atoms with Gasteiger partial charge in [-0.1, -0.05) is 18.2 Å². The minimum atomic E-state index is -3.48. The van der Waals surface area contributed by atoms with Crippen LogP contribution in [-0.2, 0) is 9.47 Å². The number of hydrogen-bond donors (Lipinski definition) is 1. The second kappa shape index (κ2) is 2.77. The van der Waals surface area contributed by atoms with Gasteiger partial charge in [0.2, 0.25) is 0 Å². The van der Waals surface area contributed by atoms with E-state index in [-0.39, 0.29) is 6.29 Å². The monoisotopic (exact) mass is 210 g/mol. The molecule has 5 heteroatoms. The Hall–Kier alpha value is -1.46. The van der Waals surface area contributed by atoms with Crippen LogP contribution in [-0.4, -0.2) is 11.3 Å². The molecule has 1 aromatic heterocycles. The smallest absolute Gasteiger partial charge is 0.354 e. The van der Waals surface area contributed by atoms with E-state index in [1.165, 1.54) is 0 Å². The van der Waals surface area contributed by atoms with Gasteiger partial charge in [0.1, 0.15) is 0 Å². The zero-order chi connectivity index (χ0) is 10.5. The Balaban J connectivity index is 1.93. The van der Waals surface area contributed by atoms with Gasteiger partial charge in [0.25, 0.3) is 6.29 Å². The summed E-state index contributed by atoms with van der Waals surface area (Å²) >= 11 is 0. The number of para-hydroxylation sites is 1. The quantitative estimate of drug-likeness (QED) is 0.784. The van der Waals surface area contributed by atoms with Gasteiger partial charge in [0.05, 0.1) is 5.69 Å². The van der Waals surface area contributed by atoms with Gasteiger partial charge >= 0.3 is 6.29 Å². The molecule has 0 aliphatic carbocycles. The normalized spacial score (nSPS) is 20.4. The van der Waals surface area contributed by atoms with Gasteiger partial charge in [-0.3, -0.25) is 9.47 Å². The Labute approximate surface area is 83.6 Å². The third-order valence-electron chi connectivity index (χ3n) is 2.17. The van der Waals surface area contributed by atoms with Gasteiger partial charge in [-0.2, -0.15) is 0 Å². The SMILES string of the molecule is FC1(F)O[C](c2cc3ccccc3[nH]2)O1. The molecule has 0 spiro atoms. The highest BCUT2D eigenvalue weighted by molar-refractivity contribution is 5.80. The van der Waals surface area contributed by atoms with Crippen molar-refractivity contribution in [1.29, 1.82) is 0 Å². The zero-order valence-electron chi connectivity index (χ0n) is 7.46. The molecule has 1 fully saturated rings. The van der Waals surface area contributed by atoms with Crippen molar-refractivity contribution in [3.63, 3.8) is 0 Å². The summed E-state index contributed by atoms with van der Waals surface area (Å²) in [7, 11) is 0. The Morgan fingerprint density at radius 3 is 2.53 bits per heavy atom. The molecule has 15 heavy (non-hydrogen) atoms. The molecule has 3 nitrogen and oxygen atoms in total. The summed E-state index contributed by atoms with van der Waals surface area (Å²) in [6, 6.07) is 9.12. The maximum Gasteiger partial charge on any atom is 0.491 e. The van der Waals surface area contributed by atoms with E-state index in [0.717, 1.165) is 10.9 Å². The van der Waals surface area contributed by atoms with Gasteiger partial charge in [-0.25, -0.2) is 0 Å². The van der Waals surface area contributed by atoms with E-state index in [2.05, 4.69) is 14.5 Å². The predicted molar refractivity (Wildman–Crippen MR) is 47.8 cm³/mol. The standard InChI is InChI=1S/C10H6F2NO2/c11-10(12)14-9(15-10)8-5-6-3-1-2-4-7(6)13-8/h1-5,13H. The number of rotatable bonds is 1. The van der Waals surface area contributed by atoms with E-state index in [1.54, 1.807) is 6.07 Å². The van der Waals surface area contributed by atoms with Crippen LogP contribution < -0.4 is 0 Å². The number of hydrogen-bond acceptors (Lipinski definition) is 2. The lowest BCUT2D eigenvalue weighted by molar-refractivity contribution is -0.498. The number of ether oxygens (including phenoxy) is 2. The van der Waals surface area contributed by atoms with E-state index in [4.69, 9.17) is 0 Å².